The minimum atomic E-state index is 0.676. The molecule has 0 spiro atoms. The highest BCUT2D eigenvalue weighted by Gasteiger charge is 2.36. The quantitative estimate of drug-likeness (QED) is 0.669. The molecule has 3 heteroatoms. The third-order valence-electron chi connectivity index (χ3n) is 5.69. The molecular formula is C18H37N3. The molecule has 124 valence electrons. The number of fused-ring (bicyclic) bond motifs is 1. The summed E-state index contributed by atoms with van der Waals surface area (Å²) in [5.74, 6) is 0.782. The Bertz CT molecular complexity index is 303. The molecule has 0 N–H and O–H groups in total. The first-order chi connectivity index (χ1) is 9.99. The zero-order valence-corrected chi connectivity index (χ0v) is 15.0. The minimum Gasteiger partial charge on any atom is -0.304 e. The van der Waals surface area contributed by atoms with E-state index in [-0.39, 0.29) is 0 Å². The molecule has 0 amide bonds. The molecule has 2 atom stereocenters. The molecule has 2 unspecified atom stereocenters. The van der Waals surface area contributed by atoms with Gasteiger partial charge in [0.05, 0.1) is 0 Å². The minimum absolute atomic E-state index is 0.676. The zero-order chi connectivity index (χ0) is 15.4. The van der Waals surface area contributed by atoms with E-state index in [1.54, 1.807) is 0 Å². The van der Waals surface area contributed by atoms with Gasteiger partial charge in [0.25, 0.3) is 0 Å². The highest BCUT2D eigenvalue weighted by molar-refractivity contribution is 4.93. The molecule has 0 saturated carbocycles. The van der Waals surface area contributed by atoms with E-state index >= 15 is 0 Å². The van der Waals surface area contributed by atoms with Crippen molar-refractivity contribution in [1.29, 1.82) is 0 Å². The summed E-state index contributed by atoms with van der Waals surface area (Å²) >= 11 is 0. The Hall–Kier alpha value is -0.120. The van der Waals surface area contributed by atoms with Crippen molar-refractivity contribution in [2.75, 3.05) is 39.8 Å². The largest absolute Gasteiger partial charge is 0.304 e. The van der Waals surface area contributed by atoms with Gasteiger partial charge < -0.3 is 4.90 Å². The third kappa shape index (κ3) is 4.67. The fraction of sp³-hybridized carbons (Fsp3) is 1.00. The van der Waals surface area contributed by atoms with Crippen LogP contribution in [0.15, 0.2) is 0 Å². The number of rotatable bonds is 7. The molecule has 21 heavy (non-hydrogen) atoms. The van der Waals surface area contributed by atoms with Crippen LogP contribution in [0, 0.1) is 5.92 Å². The molecule has 0 aromatic heterocycles. The summed E-state index contributed by atoms with van der Waals surface area (Å²) in [6, 6.07) is 2.32. The molecule has 3 nitrogen and oxygen atoms in total. The van der Waals surface area contributed by atoms with Crippen LogP contribution in [0.5, 0.6) is 0 Å². The second-order valence-electron chi connectivity index (χ2n) is 7.88. The predicted octanol–water partition coefficient (Wildman–Crippen LogP) is 2.91. The lowest BCUT2D eigenvalue weighted by Crippen LogP contribution is -2.57. The van der Waals surface area contributed by atoms with Gasteiger partial charge in [-0.3, -0.25) is 9.80 Å². The van der Waals surface area contributed by atoms with Crippen LogP contribution in [0.1, 0.15) is 53.4 Å². The Kier molecular flexibility index (Phi) is 6.51. The Morgan fingerprint density at radius 1 is 1.10 bits per heavy atom. The average molecular weight is 296 g/mol. The predicted molar refractivity (Wildman–Crippen MR) is 91.8 cm³/mol. The van der Waals surface area contributed by atoms with Gasteiger partial charge in [0, 0.05) is 31.2 Å². The lowest BCUT2D eigenvalue weighted by molar-refractivity contribution is 0.0279. The van der Waals surface area contributed by atoms with Crippen LogP contribution in [-0.2, 0) is 0 Å². The van der Waals surface area contributed by atoms with Gasteiger partial charge in [-0.05, 0) is 72.1 Å². The Morgan fingerprint density at radius 2 is 1.86 bits per heavy atom. The number of piperazine rings is 1. The van der Waals surface area contributed by atoms with Crippen molar-refractivity contribution in [2.24, 2.45) is 5.92 Å². The van der Waals surface area contributed by atoms with E-state index in [1.807, 2.05) is 0 Å². The number of hydrogen-bond donors (Lipinski definition) is 0. The summed E-state index contributed by atoms with van der Waals surface area (Å²) in [5, 5.41) is 0. The van der Waals surface area contributed by atoms with Gasteiger partial charge in [0.15, 0.2) is 0 Å². The van der Waals surface area contributed by atoms with E-state index in [9.17, 15) is 0 Å². The van der Waals surface area contributed by atoms with Crippen LogP contribution in [0.2, 0.25) is 0 Å². The SMILES string of the molecule is CC(C)C1CN2CCCC2CN1CCCCN(C)C(C)C. The van der Waals surface area contributed by atoms with Crippen molar-refractivity contribution >= 4 is 0 Å². The second kappa shape index (κ2) is 7.94. The van der Waals surface area contributed by atoms with Gasteiger partial charge in [0.1, 0.15) is 0 Å². The average Bonchev–Trinajstić information content (AvgIpc) is 2.89. The van der Waals surface area contributed by atoms with Gasteiger partial charge in [-0.1, -0.05) is 13.8 Å². The van der Waals surface area contributed by atoms with Gasteiger partial charge >= 0.3 is 0 Å². The van der Waals surface area contributed by atoms with Crippen molar-refractivity contribution in [3.63, 3.8) is 0 Å². The monoisotopic (exact) mass is 295 g/mol. The molecule has 2 heterocycles. The normalized spacial score (nSPS) is 28.0. The highest BCUT2D eigenvalue weighted by atomic mass is 15.3. The summed E-state index contributed by atoms with van der Waals surface area (Å²) in [7, 11) is 2.25. The molecule has 2 fully saturated rings. The maximum atomic E-state index is 2.81. The first-order valence-corrected chi connectivity index (χ1v) is 9.17. The summed E-state index contributed by atoms with van der Waals surface area (Å²) in [4.78, 5) is 8.04. The zero-order valence-electron chi connectivity index (χ0n) is 15.0. The lowest BCUT2D eigenvalue weighted by Gasteiger charge is -2.45. The van der Waals surface area contributed by atoms with Crippen LogP contribution in [0.4, 0.5) is 0 Å². The van der Waals surface area contributed by atoms with Gasteiger partial charge in [0.2, 0.25) is 0 Å². The summed E-state index contributed by atoms with van der Waals surface area (Å²) in [6.07, 6.45) is 5.54. The van der Waals surface area contributed by atoms with E-state index in [4.69, 9.17) is 0 Å². The van der Waals surface area contributed by atoms with Gasteiger partial charge in [-0.25, -0.2) is 0 Å². The summed E-state index contributed by atoms with van der Waals surface area (Å²) in [5.41, 5.74) is 0. The van der Waals surface area contributed by atoms with Crippen LogP contribution in [0.25, 0.3) is 0 Å². The molecule has 0 aliphatic carbocycles. The maximum absolute atomic E-state index is 2.81. The summed E-state index contributed by atoms with van der Waals surface area (Å²) in [6.45, 7) is 15.9. The van der Waals surface area contributed by atoms with Gasteiger partial charge in [-0.2, -0.15) is 0 Å². The topological polar surface area (TPSA) is 9.72 Å². The Morgan fingerprint density at radius 3 is 2.52 bits per heavy atom. The fourth-order valence-electron chi connectivity index (χ4n) is 3.93. The third-order valence-corrected chi connectivity index (χ3v) is 5.69. The van der Waals surface area contributed by atoms with Crippen molar-refractivity contribution in [3.8, 4) is 0 Å². The molecule has 0 radical (unpaired) electrons. The number of hydrogen-bond acceptors (Lipinski definition) is 3. The van der Waals surface area contributed by atoms with Crippen LogP contribution in [0.3, 0.4) is 0 Å². The lowest BCUT2D eigenvalue weighted by atomic mass is 9.97. The molecule has 2 aliphatic heterocycles. The first-order valence-electron chi connectivity index (χ1n) is 9.17. The Balaban J connectivity index is 1.77. The van der Waals surface area contributed by atoms with E-state index in [1.165, 1.54) is 58.4 Å². The fourth-order valence-corrected chi connectivity index (χ4v) is 3.93. The van der Waals surface area contributed by atoms with E-state index in [2.05, 4.69) is 49.4 Å². The van der Waals surface area contributed by atoms with Gasteiger partial charge in [-0.15, -0.1) is 0 Å². The van der Waals surface area contributed by atoms with Crippen LogP contribution in [-0.4, -0.2) is 72.6 Å². The molecule has 0 aromatic rings. The van der Waals surface area contributed by atoms with Crippen LogP contribution < -0.4 is 0 Å². The maximum Gasteiger partial charge on any atom is 0.0246 e. The molecule has 2 rings (SSSR count). The molecule has 2 aliphatic rings. The molecular weight excluding hydrogens is 258 g/mol. The van der Waals surface area contributed by atoms with Crippen LogP contribution >= 0.6 is 0 Å². The van der Waals surface area contributed by atoms with Crippen molar-refractivity contribution in [3.05, 3.63) is 0 Å². The molecule has 0 bridgehead atoms. The highest BCUT2D eigenvalue weighted by Crippen LogP contribution is 2.27. The standard InChI is InChI=1S/C18H37N3/c1-15(2)18-14-20-12-8-9-17(20)13-21(18)11-7-6-10-19(5)16(3)4/h15-18H,6-14H2,1-5H3. The first kappa shape index (κ1) is 17.2. The smallest absolute Gasteiger partial charge is 0.0246 e. The van der Waals surface area contributed by atoms with E-state index in [0.717, 1.165) is 18.0 Å². The Labute approximate surface area is 132 Å². The number of nitrogens with zero attached hydrogens (tertiary/aromatic N) is 3. The molecule has 0 aromatic carbocycles. The van der Waals surface area contributed by atoms with E-state index in [0.29, 0.717) is 6.04 Å². The number of unbranched alkanes of at least 4 members (excludes halogenated alkanes) is 1. The second-order valence-corrected chi connectivity index (χ2v) is 7.88. The molecule has 2 saturated heterocycles. The summed E-state index contributed by atoms with van der Waals surface area (Å²) < 4.78 is 0. The van der Waals surface area contributed by atoms with Crippen molar-refractivity contribution < 1.29 is 0 Å². The van der Waals surface area contributed by atoms with Crippen molar-refractivity contribution in [2.45, 2.75) is 71.5 Å². The van der Waals surface area contributed by atoms with E-state index < -0.39 is 0 Å². The van der Waals surface area contributed by atoms with Crippen molar-refractivity contribution in [1.82, 2.24) is 14.7 Å².